The van der Waals surface area contributed by atoms with Crippen molar-refractivity contribution < 1.29 is 14.0 Å². The van der Waals surface area contributed by atoms with Gasteiger partial charge in [-0.3, -0.25) is 9.59 Å². The summed E-state index contributed by atoms with van der Waals surface area (Å²) in [5.41, 5.74) is 2.18. The molecule has 4 nitrogen and oxygen atoms in total. The van der Waals surface area contributed by atoms with Crippen LogP contribution < -0.4 is 10.2 Å². The number of anilines is 1. The van der Waals surface area contributed by atoms with Crippen molar-refractivity contribution >= 4 is 17.5 Å². The van der Waals surface area contributed by atoms with Crippen LogP contribution in [-0.2, 0) is 4.79 Å². The van der Waals surface area contributed by atoms with E-state index in [1.807, 2.05) is 6.92 Å². The molecule has 2 aromatic rings. The summed E-state index contributed by atoms with van der Waals surface area (Å²) in [5.74, 6) is -0.382. The Morgan fingerprint density at radius 1 is 1.12 bits per heavy atom. The van der Waals surface area contributed by atoms with Gasteiger partial charge < -0.3 is 10.2 Å². The third kappa shape index (κ3) is 3.45. The molecule has 3 rings (SSSR count). The number of nitrogens with zero attached hydrogens (tertiary/aromatic N) is 1. The monoisotopic (exact) mass is 326 g/mol. The van der Waals surface area contributed by atoms with E-state index in [1.165, 1.54) is 12.1 Å². The Morgan fingerprint density at radius 3 is 2.38 bits per heavy atom. The van der Waals surface area contributed by atoms with E-state index in [1.54, 1.807) is 41.3 Å². The fourth-order valence-corrected chi connectivity index (χ4v) is 2.83. The normalized spacial score (nSPS) is 15.4. The Labute approximate surface area is 140 Å². The van der Waals surface area contributed by atoms with Crippen LogP contribution in [0.4, 0.5) is 10.1 Å². The Morgan fingerprint density at radius 2 is 1.79 bits per heavy atom. The van der Waals surface area contributed by atoms with Gasteiger partial charge >= 0.3 is 0 Å². The lowest BCUT2D eigenvalue weighted by atomic mass is 10.1. The lowest BCUT2D eigenvalue weighted by Crippen LogP contribution is -2.27. The molecule has 124 valence electrons. The summed E-state index contributed by atoms with van der Waals surface area (Å²) < 4.78 is 13.0. The average molecular weight is 326 g/mol. The van der Waals surface area contributed by atoms with Gasteiger partial charge in [0.05, 0.1) is 6.04 Å². The highest BCUT2D eigenvalue weighted by Crippen LogP contribution is 2.22. The Kier molecular flexibility index (Phi) is 4.60. The number of benzene rings is 2. The van der Waals surface area contributed by atoms with Crippen molar-refractivity contribution in [2.45, 2.75) is 25.8 Å². The van der Waals surface area contributed by atoms with Gasteiger partial charge in [-0.1, -0.05) is 12.1 Å². The van der Waals surface area contributed by atoms with Crippen LogP contribution in [0.5, 0.6) is 0 Å². The standard InChI is InChI=1S/C19H19FN2O2/c1-13(14-4-8-16(20)9-5-14)21-19(24)15-6-10-17(11-7-15)22-12-2-3-18(22)23/h4-11,13H,2-3,12H2,1H3,(H,21,24). The van der Waals surface area contributed by atoms with Gasteiger partial charge in [-0.15, -0.1) is 0 Å². The summed E-state index contributed by atoms with van der Waals surface area (Å²) in [6.07, 6.45) is 1.45. The lowest BCUT2D eigenvalue weighted by Gasteiger charge is -2.17. The zero-order chi connectivity index (χ0) is 17.1. The highest BCUT2D eigenvalue weighted by atomic mass is 19.1. The molecule has 1 saturated heterocycles. The van der Waals surface area contributed by atoms with E-state index in [0.29, 0.717) is 12.0 Å². The summed E-state index contributed by atoms with van der Waals surface area (Å²) in [7, 11) is 0. The van der Waals surface area contributed by atoms with Gasteiger partial charge in [-0.05, 0) is 55.3 Å². The van der Waals surface area contributed by atoms with Crippen LogP contribution in [0.2, 0.25) is 0 Å². The predicted molar refractivity (Wildman–Crippen MR) is 90.3 cm³/mol. The SMILES string of the molecule is CC(NC(=O)c1ccc(N2CCCC2=O)cc1)c1ccc(F)cc1. The summed E-state index contributed by atoms with van der Waals surface area (Å²) in [6, 6.07) is 12.9. The van der Waals surface area contributed by atoms with E-state index < -0.39 is 0 Å². The highest BCUT2D eigenvalue weighted by molar-refractivity contribution is 5.97. The van der Waals surface area contributed by atoms with Crippen molar-refractivity contribution in [3.05, 3.63) is 65.5 Å². The first-order valence-corrected chi connectivity index (χ1v) is 8.01. The van der Waals surface area contributed by atoms with Crippen molar-refractivity contribution in [3.8, 4) is 0 Å². The molecule has 1 heterocycles. The molecule has 0 saturated carbocycles. The van der Waals surface area contributed by atoms with Crippen LogP contribution in [-0.4, -0.2) is 18.4 Å². The summed E-state index contributed by atoms with van der Waals surface area (Å²) in [6.45, 7) is 2.58. The van der Waals surface area contributed by atoms with Crippen molar-refractivity contribution in [1.82, 2.24) is 5.32 Å². The molecule has 0 radical (unpaired) electrons. The molecular weight excluding hydrogens is 307 g/mol. The summed E-state index contributed by atoms with van der Waals surface area (Å²) in [5, 5.41) is 2.89. The van der Waals surface area contributed by atoms with Crippen LogP contribution in [0.25, 0.3) is 0 Å². The van der Waals surface area contributed by atoms with Gasteiger partial charge in [0.1, 0.15) is 5.82 Å². The summed E-state index contributed by atoms with van der Waals surface area (Å²) >= 11 is 0. The van der Waals surface area contributed by atoms with E-state index in [2.05, 4.69) is 5.32 Å². The van der Waals surface area contributed by atoms with Gasteiger partial charge in [0.25, 0.3) is 5.91 Å². The molecule has 1 unspecified atom stereocenters. The topological polar surface area (TPSA) is 49.4 Å². The molecule has 2 aromatic carbocycles. The zero-order valence-corrected chi connectivity index (χ0v) is 13.5. The Bertz CT molecular complexity index is 741. The van der Waals surface area contributed by atoms with Gasteiger partial charge in [-0.2, -0.15) is 0 Å². The third-order valence-corrected chi connectivity index (χ3v) is 4.23. The highest BCUT2D eigenvalue weighted by Gasteiger charge is 2.21. The van der Waals surface area contributed by atoms with Gasteiger partial charge in [0.15, 0.2) is 0 Å². The van der Waals surface area contributed by atoms with E-state index in [-0.39, 0.29) is 23.7 Å². The van der Waals surface area contributed by atoms with Crippen LogP contribution in [0.3, 0.4) is 0 Å². The molecule has 1 aliphatic rings. The maximum absolute atomic E-state index is 13.0. The van der Waals surface area contributed by atoms with Gasteiger partial charge in [-0.25, -0.2) is 4.39 Å². The fraction of sp³-hybridized carbons (Fsp3) is 0.263. The number of carbonyl (C=O) groups is 2. The first-order chi connectivity index (χ1) is 11.5. The first-order valence-electron chi connectivity index (χ1n) is 8.01. The fourth-order valence-electron chi connectivity index (χ4n) is 2.83. The number of hydrogen-bond acceptors (Lipinski definition) is 2. The van der Waals surface area contributed by atoms with Crippen molar-refractivity contribution in [2.24, 2.45) is 0 Å². The van der Waals surface area contributed by atoms with Crippen LogP contribution in [0.15, 0.2) is 48.5 Å². The molecule has 5 heteroatoms. The molecule has 1 atom stereocenters. The number of rotatable bonds is 4. The molecule has 0 bridgehead atoms. The molecule has 0 aliphatic carbocycles. The van der Waals surface area contributed by atoms with E-state index in [9.17, 15) is 14.0 Å². The Balaban J connectivity index is 1.66. The van der Waals surface area contributed by atoms with Crippen LogP contribution >= 0.6 is 0 Å². The minimum absolute atomic E-state index is 0.122. The largest absolute Gasteiger partial charge is 0.346 e. The minimum Gasteiger partial charge on any atom is -0.346 e. The molecule has 1 N–H and O–H groups in total. The maximum atomic E-state index is 13.0. The first kappa shape index (κ1) is 16.2. The zero-order valence-electron chi connectivity index (χ0n) is 13.5. The van der Waals surface area contributed by atoms with E-state index in [0.717, 1.165) is 24.2 Å². The second-order valence-corrected chi connectivity index (χ2v) is 5.94. The van der Waals surface area contributed by atoms with Crippen molar-refractivity contribution in [3.63, 3.8) is 0 Å². The van der Waals surface area contributed by atoms with Crippen molar-refractivity contribution in [1.29, 1.82) is 0 Å². The maximum Gasteiger partial charge on any atom is 0.251 e. The minimum atomic E-state index is -0.302. The molecule has 1 aliphatic heterocycles. The van der Waals surface area contributed by atoms with Crippen LogP contribution in [0, 0.1) is 5.82 Å². The van der Waals surface area contributed by atoms with E-state index in [4.69, 9.17) is 0 Å². The molecule has 0 spiro atoms. The van der Waals surface area contributed by atoms with E-state index >= 15 is 0 Å². The quantitative estimate of drug-likeness (QED) is 0.935. The molecule has 24 heavy (non-hydrogen) atoms. The molecule has 2 amide bonds. The van der Waals surface area contributed by atoms with Gasteiger partial charge in [0.2, 0.25) is 5.91 Å². The number of nitrogens with one attached hydrogen (secondary N) is 1. The average Bonchev–Trinajstić information content (AvgIpc) is 3.01. The summed E-state index contributed by atoms with van der Waals surface area (Å²) in [4.78, 5) is 25.8. The van der Waals surface area contributed by atoms with Crippen molar-refractivity contribution in [2.75, 3.05) is 11.4 Å². The number of hydrogen-bond donors (Lipinski definition) is 1. The second-order valence-electron chi connectivity index (χ2n) is 5.94. The second kappa shape index (κ2) is 6.83. The smallest absolute Gasteiger partial charge is 0.251 e. The number of carbonyl (C=O) groups excluding carboxylic acids is 2. The van der Waals surface area contributed by atoms with Gasteiger partial charge in [0, 0.05) is 24.2 Å². The van der Waals surface area contributed by atoms with Crippen LogP contribution in [0.1, 0.15) is 41.7 Å². The predicted octanol–water partition coefficient (Wildman–Crippen LogP) is 3.44. The number of halogens is 1. The third-order valence-electron chi connectivity index (χ3n) is 4.23. The number of amides is 2. The Hall–Kier alpha value is -2.69. The lowest BCUT2D eigenvalue weighted by molar-refractivity contribution is -0.117. The molecule has 0 aromatic heterocycles. The molecule has 1 fully saturated rings. The molecular formula is C19H19FN2O2.